The van der Waals surface area contributed by atoms with E-state index in [2.05, 4.69) is 9.97 Å². The third kappa shape index (κ3) is 1.74. The number of rotatable bonds is 2. The molecule has 0 aliphatic rings. The van der Waals surface area contributed by atoms with Crippen molar-refractivity contribution in [2.24, 2.45) is 0 Å². The summed E-state index contributed by atoms with van der Waals surface area (Å²) in [6.45, 7) is 0. The van der Waals surface area contributed by atoms with Gasteiger partial charge in [-0.1, -0.05) is 11.6 Å². The molecule has 4 nitrogen and oxygen atoms in total. The zero-order valence-electron chi connectivity index (χ0n) is 8.62. The fourth-order valence-electron chi connectivity index (χ4n) is 1.29. The van der Waals surface area contributed by atoms with Crippen LogP contribution in [0.5, 0.6) is 11.8 Å². The van der Waals surface area contributed by atoms with Gasteiger partial charge in [0, 0.05) is 6.07 Å². The molecule has 1 aromatic heterocycles. The monoisotopic (exact) mass is 242 g/mol. The Labute approximate surface area is 96.0 Å². The average Bonchev–Trinajstić information content (AvgIpc) is 2.29. The second-order valence-electron chi connectivity index (χ2n) is 3.00. The number of fused-ring (bicyclic) bond motifs is 1. The number of aromatic nitrogens is 2. The van der Waals surface area contributed by atoms with Gasteiger partial charge in [0.1, 0.15) is 5.82 Å². The van der Waals surface area contributed by atoms with Gasteiger partial charge in [-0.3, -0.25) is 0 Å². The molecule has 16 heavy (non-hydrogen) atoms. The van der Waals surface area contributed by atoms with Crippen LogP contribution in [0.3, 0.4) is 0 Å². The number of nitrogens with zero attached hydrogens (tertiary/aromatic N) is 2. The van der Waals surface area contributed by atoms with E-state index in [0.717, 1.165) is 0 Å². The summed E-state index contributed by atoms with van der Waals surface area (Å²) in [5.41, 5.74) is 0.809. The maximum absolute atomic E-state index is 13.2. The Kier molecular flexibility index (Phi) is 2.78. The minimum absolute atomic E-state index is 0.00554. The number of ether oxygens (including phenoxy) is 2. The van der Waals surface area contributed by atoms with Crippen molar-refractivity contribution < 1.29 is 13.9 Å². The molecule has 6 heteroatoms. The number of methoxy groups -OCH3 is 2. The quantitative estimate of drug-likeness (QED) is 0.811. The molecule has 0 aliphatic carbocycles. The van der Waals surface area contributed by atoms with Crippen molar-refractivity contribution >= 4 is 22.6 Å². The molecule has 0 spiro atoms. The summed E-state index contributed by atoms with van der Waals surface area (Å²) >= 11 is 5.64. The van der Waals surface area contributed by atoms with E-state index in [1.165, 1.54) is 26.4 Å². The summed E-state index contributed by atoms with van der Waals surface area (Å²) in [4.78, 5) is 8.16. The van der Waals surface area contributed by atoms with Gasteiger partial charge in [-0.2, -0.15) is 0 Å². The topological polar surface area (TPSA) is 44.2 Å². The summed E-state index contributed by atoms with van der Waals surface area (Å²) in [5, 5.41) is -0.00554. The fourth-order valence-corrected chi connectivity index (χ4v) is 1.44. The van der Waals surface area contributed by atoms with Crippen LogP contribution in [0.1, 0.15) is 0 Å². The molecule has 2 rings (SSSR count). The zero-order valence-corrected chi connectivity index (χ0v) is 9.38. The van der Waals surface area contributed by atoms with Gasteiger partial charge in [-0.25, -0.2) is 14.4 Å². The maximum Gasteiger partial charge on any atom is 0.278 e. The van der Waals surface area contributed by atoms with Gasteiger partial charge < -0.3 is 9.47 Å². The first-order valence-corrected chi connectivity index (χ1v) is 4.78. The van der Waals surface area contributed by atoms with Gasteiger partial charge in [-0.05, 0) is 6.07 Å². The zero-order chi connectivity index (χ0) is 11.7. The first kappa shape index (κ1) is 10.9. The average molecular weight is 243 g/mol. The molecule has 0 radical (unpaired) electrons. The molecule has 0 bridgehead atoms. The Morgan fingerprint density at radius 1 is 1.06 bits per heavy atom. The molecule has 1 heterocycles. The first-order valence-electron chi connectivity index (χ1n) is 4.40. The van der Waals surface area contributed by atoms with Crippen LogP contribution in [0.2, 0.25) is 5.02 Å². The van der Waals surface area contributed by atoms with Crippen LogP contribution in [0.4, 0.5) is 4.39 Å². The van der Waals surface area contributed by atoms with Crippen LogP contribution in [0, 0.1) is 5.82 Å². The molecule has 1 aromatic carbocycles. The Morgan fingerprint density at radius 2 is 1.56 bits per heavy atom. The lowest BCUT2D eigenvalue weighted by atomic mass is 10.3. The molecule has 0 N–H and O–H groups in total. The predicted molar refractivity (Wildman–Crippen MR) is 57.6 cm³/mol. The van der Waals surface area contributed by atoms with Crippen molar-refractivity contribution in [1.29, 1.82) is 0 Å². The summed E-state index contributed by atoms with van der Waals surface area (Å²) in [6, 6.07) is 2.59. The lowest BCUT2D eigenvalue weighted by molar-refractivity contribution is 0.334. The lowest BCUT2D eigenvalue weighted by Gasteiger charge is -2.06. The summed E-state index contributed by atoms with van der Waals surface area (Å²) < 4.78 is 23.1. The molecule has 0 fully saturated rings. The molecule has 0 unspecified atom stereocenters. The normalized spacial score (nSPS) is 10.5. The largest absolute Gasteiger partial charge is 0.477 e. The minimum Gasteiger partial charge on any atom is -0.477 e. The van der Waals surface area contributed by atoms with Gasteiger partial charge in [0.05, 0.1) is 30.3 Å². The Bertz CT molecular complexity index is 499. The summed E-state index contributed by atoms with van der Waals surface area (Å²) in [5.74, 6) is -0.106. The molecule has 0 atom stereocenters. The molecule has 84 valence electrons. The molecular formula is C10H8ClFN2O2. The van der Waals surface area contributed by atoms with Crippen LogP contribution in [0.15, 0.2) is 12.1 Å². The fraction of sp³-hybridized carbons (Fsp3) is 0.200. The number of benzene rings is 1. The van der Waals surface area contributed by atoms with Crippen molar-refractivity contribution in [1.82, 2.24) is 9.97 Å². The van der Waals surface area contributed by atoms with E-state index >= 15 is 0 Å². The molecule has 2 aromatic rings. The van der Waals surface area contributed by atoms with Crippen molar-refractivity contribution in [3.63, 3.8) is 0 Å². The van der Waals surface area contributed by atoms with Crippen LogP contribution >= 0.6 is 11.6 Å². The van der Waals surface area contributed by atoms with E-state index in [-0.39, 0.29) is 16.8 Å². The Morgan fingerprint density at radius 3 is 2.06 bits per heavy atom. The highest BCUT2D eigenvalue weighted by molar-refractivity contribution is 6.31. The number of hydrogen-bond acceptors (Lipinski definition) is 4. The Balaban J connectivity index is 2.73. The highest BCUT2D eigenvalue weighted by Gasteiger charge is 2.11. The summed E-state index contributed by atoms with van der Waals surface area (Å²) in [7, 11) is 2.88. The van der Waals surface area contributed by atoms with Gasteiger partial charge in [0.25, 0.3) is 11.8 Å². The van der Waals surface area contributed by atoms with Crippen molar-refractivity contribution in [2.75, 3.05) is 14.2 Å². The van der Waals surface area contributed by atoms with Crippen LogP contribution in [-0.4, -0.2) is 24.2 Å². The van der Waals surface area contributed by atoms with E-state index in [1.54, 1.807) is 0 Å². The standard InChI is InChI=1S/C10H8ClFN2O2/c1-15-9-10(16-2)14-8-4-6(12)5(11)3-7(8)13-9/h3-4H,1-2H3. The second-order valence-corrected chi connectivity index (χ2v) is 3.40. The molecular weight excluding hydrogens is 235 g/mol. The Hall–Kier alpha value is -1.62. The number of hydrogen-bond donors (Lipinski definition) is 0. The molecule has 0 saturated carbocycles. The number of halogens is 2. The SMILES string of the molecule is COc1nc2cc(F)c(Cl)cc2nc1OC. The van der Waals surface area contributed by atoms with E-state index in [9.17, 15) is 4.39 Å². The van der Waals surface area contributed by atoms with Crippen LogP contribution in [0.25, 0.3) is 11.0 Å². The lowest BCUT2D eigenvalue weighted by Crippen LogP contribution is -1.97. The van der Waals surface area contributed by atoms with Gasteiger partial charge >= 0.3 is 0 Å². The molecule has 0 aliphatic heterocycles. The third-order valence-electron chi connectivity index (χ3n) is 2.03. The van der Waals surface area contributed by atoms with Crippen molar-refractivity contribution in [3.8, 4) is 11.8 Å². The van der Waals surface area contributed by atoms with E-state index in [0.29, 0.717) is 11.0 Å². The van der Waals surface area contributed by atoms with E-state index < -0.39 is 5.82 Å². The third-order valence-corrected chi connectivity index (χ3v) is 2.32. The van der Waals surface area contributed by atoms with Crippen molar-refractivity contribution in [3.05, 3.63) is 23.0 Å². The van der Waals surface area contributed by atoms with Gasteiger partial charge in [0.2, 0.25) is 0 Å². The van der Waals surface area contributed by atoms with Crippen molar-refractivity contribution in [2.45, 2.75) is 0 Å². The molecule has 0 amide bonds. The van der Waals surface area contributed by atoms with Gasteiger partial charge in [-0.15, -0.1) is 0 Å². The van der Waals surface area contributed by atoms with Crippen LogP contribution < -0.4 is 9.47 Å². The maximum atomic E-state index is 13.2. The molecule has 0 saturated heterocycles. The van der Waals surface area contributed by atoms with Gasteiger partial charge in [0.15, 0.2) is 0 Å². The highest BCUT2D eigenvalue weighted by Crippen LogP contribution is 2.27. The summed E-state index contributed by atoms with van der Waals surface area (Å²) in [6.07, 6.45) is 0. The van der Waals surface area contributed by atoms with Crippen LogP contribution in [-0.2, 0) is 0 Å². The first-order chi connectivity index (χ1) is 7.65. The van der Waals surface area contributed by atoms with E-state index in [1.807, 2.05) is 0 Å². The minimum atomic E-state index is -0.546. The second kappa shape index (κ2) is 4.09. The highest BCUT2D eigenvalue weighted by atomic mass is 35.5. The predicted octanol–water partition coefficient (Wildman–Crippen LogP) is 2.44. The smallest absolute Gasteiger partial charge is 0.278 e. The van der Waals surface area contributed by atoms with E-state index in [4.69, 9.17) is 21.1 Å².